The minimum absolute atomic E-state index is 0.0518. The molecule has 0 atom stereocenters. The molecule has 28 heavy (non-hydrogen) atoms. The lowest BCUT2D eigenvalue weighted by atomic mass is 10.3. The van der Waals surface area contributed by atoms with Crippen LogP contribution in [-0.2, 0) is 14.8 Å². The molecule has 1 amide bonds. The molecule has 0 saturated heterocycles. The van der Waals surface area contributed by atoms with E-state index >= 15 is 0 Å². The van der Waals surface area contributed by atoms with Crippen LogP contribution in [0.15, 0.2) is 58.4 Å². The third kappa shape index (κ3) is 5.23. The number of nitrogens with zero attached hydrogens (tertiary/aromatic N) is 1. The number of nitrogens with one attached hydrogen (secondary N) is 2. The number of anilines is 1. The summed E-state index contributed by atoms with van der Waals surface area (Å²) >= 11 is 0. The molecule has 2 aromatic carbocycles. The Morgan fingerprint density at radius 2 is 1.89 bits per heavy atom. The SMILES string of the molecule is COc1ccc(OCC(=O)Nc2cccc(S(=O)(=O)NC3=NCCC3)c2)cc1. The van der Waals surface area contributed by atoms with E-state index in [4.69, 9.17) is 9.47 Å². The third-order valence-corrected chi connectivity index (χ3v) is 5.36. The van der Waals surface area contributed by atoms with E-state index in [1.165, 1.54) is 12.1 Å². The topological polar surface area (TPSA) is 106 Å². The number of sulfonamides is 1. The number of ether oxygens (including phenoxy) is 2. The molecule has 0 fully saturated rings. The Morgan fingerprint density at radius 1 is 1.14 bits per heavy atom. The zero-order valence-electron chi connectivity index (χ0n) is 15.3. The predicted molar refractivity (Wildman–Crippen MR) is 105 cm³/mol. The largest absolute Gasteiger partial charge is 0.497 e. The van der Waals surface area contributed by atoms with E-state index in [0.717, 1.165) is 6.42 Å². The summed E-state index contributed by atoms with van der Waals surface area (Å²) in [6, 6.07) is 12.9. The lowest BCUT2D eigenvalue weighted by molar-refractivity contribution is -0.118. The maximum atomic E-state index is 12.4. The van der Waals surface area contributed by atoms with Gasteiger partial charge >= 0.3 is 0 Å². The first-order chi connectivity index (χ1) is 13.5. The van der Waals surface area contributed by atoms with Gasteiger partial charge in [0, 0.05) is 18.7 Å². The Balaban J connectivity index is 1.59. The van der Waals surface area contributed by atoms with Gasteiger partial charge in [-0.15, -0.1) is 0 Å². The molecule has 0 saturated carbocycles. The highest BCUT2D eigenvalue weighted by Gasteiger charge is 2.18. The van der Waals surface area contributed by atoms with E-state index in [1.807, 2.05) is 0 Å². The van der Waals surface area contributed by atoms with Crippen molar-refractivity contribution in [2.45, 2.75) is 17.7 Å². The Kier molecular flexibility index (Phi) is 6.15. The molecule has 0 radical (unpaired) electrons. The van der Waals surface area contributed by atoms with Gasteiger partial charge in [-0.3, -0.25) is 14.5 Å². The molecule has 0 aliphatic carbocycles. The molecular weight excluding hydrogens is 382 g/mol. The molecular formula is C19H21N3O5S. The minimum atomic E-state index is -3.74. The van der Waals surface area contributed by atoms with Crippen molar-refractivity contribution in [3.05, 3.63) is 48.5 Å². The summed E-state index contributed by atoms with van der Waals surface area (Å²) < 4.78 is 37.9. The van der Waals surface area contributed by atoms with E-state index in [2.05, 4.69) is 15.0 Å². The van der Waals surface area contributed by atoms with Crippen LogP contribution in [-0.4, -0.2) is 40.4 Å². The van der Waals surface area contributed by atoms with Crippen LogP contribution in [0.25, 0.3) is 0 Å². The van der Waals surface area contributed by atoms with Crippen molar-refractivity contribution in [3.8, 4) is 11.5 Å². The molecule has 8 nitrogen and oxygen atoms in total. The van der Waals surface area contributed by atoms with Crippen molar-refractivity contribution < 1.29 is 22.7 Å². The van der Waals surface area contributed by atoms with Gasteiger partial charge < -0.3 is 14.8 Å². The maximum absolute atomic E-state index is 12.4. The molecule has 1 aliphatic rings. The van der Waals surface area contributed by atoms with Crippen LogP contribution in [0.1, 0.15) is 12.8 Å². The van der Waals surface area contributed by atoms with Crippen LogP contribution in [0.5, 0.6) is 11.5 Å². The highest BCUT2D eigenvalue weighted by Crippen LogP contribution is 2.18. The van der Waals surface area contributed by atoms with Crippen molar-refractivity contribution >= 4 is 27.5 Å². The van der Waals surface area contributed by atoms with Gasteiger partial charge in [0.2, 0.25) is 0 Å². The molecule has 3 rings (SSSR count). The first-order valence-corrected chi connectivity index (χ1v) is 10.2. The highest BCUT2D eigenvalue weighted by atomic mass is 32.2. The molecule has 0 spiro atoms. The van der Waals surface area contributed by atoms with Crippen molar-refractivity contribution in [2.24, 2.45) is 4.99 Å². The molecule has 2 aromatic rings. The number of carbonyl (C=O) groups is 1. The second-order valence-corrected chi connectivity index (χ2v) is 7.76. The Hall–Kier alpha value is -3.07. The van der Waals surface area contributed by atoms with E-state index in [-0.39, 0.29) is 11.5 Å². The Labute approximate surface area is 163 Å². The Morgan fingerprint density at radius 3 is 2.57 bits per heavy atom. The third-order valence-electron chi connectivity index (χ3n) is 3.98. The first kappa shape index (κ1) is 19.7. The van der Waals surface area contributed by atoms with Crippen LogP contribution in [0.3, 0.4) is 0 Å². The van der Waals surface area contributed by atoms with Crippen molar-refractivity contribution in [1.29, 1.82) is 0 Å². The number of methoxy groups -OCH3 is 1. The van der Waals surface area contributed by atoms with Crippen LogP contribution in [0, 0.1) is 0 Å². The average molecular weight is 403 g/mol. The summed E-state index contributed by atoms with van der Waals surface area (Å²) in [5.41, 5.74) is 0.361. The summed E-state index contributed by atoms with van der Waals surface area (Å²) in [5, 5.41) is 2.63. The second-order valence-electron chi connectivity index (χ2n) is 6.08. The second kappa shape index (κ2) is 8.75. The molecule has 1 aliphatic heterocycles. The quantitative estimate of drug-likeness (QED) is 0.737. The zero-order chi connectivity index (χ0) is 20.0. The van der Waals surface area contributed by atoms with Gasteiger partial charge in [0.05, 0.1) is 12.0 Å². The van der Waals surface area contributed by atoms with Crippen LogP contribution < -0.4 is 19.5 Å². The summed E-state index contributed by atoms with van der Waals surface area (Å²) in [7, 11) is -2.18. The predicted octanol–water partition coefficient (Wildman–Crippen LogP) is 2.18. The average Bonchev–Trinajstić information content (AvgIpc) is 3.19. The fourth-order valence-corrected chi connectivity index (χ4v) is 3.73. The number of amidine groups is 1. The molecule has 0 unspecified atom stereocenters. The van der Waals surface area contributed by atoms with Gasteiger partial charge in [0.15, 0.2) is 6.61 Å². The van der Waals surface area contributed by atoms with Crippen molar-refractivity contribution in [3.63, 3.8) is 0 Å². The standard InChI is InChI=1S/C19H21N3O5S/c1-26-15-7-9-16(10-8-15)27-13-19(23)21-14-4-2-5-17(12-14)28(24,25)22-18-6-3-11-20-18/h2,4-5,7-10,12H,3,6,11,13H2,1H3,(H,20,22)(H,21,23). The number of rotatable bonds is 7. The normalized spacial score (nSPS) is 13.5. The van der Waals surface area contributed by atoms with Gasteiger partial charge in [-0.05, 0) is 48.9 Å². The lowest BCUT2D eigenvalue weighted by Crippen LogP contribution is -2.29. The van der Waals surface area contributed by atoms with Gasteiger partial charge in [0.1, 0.15) is 17.3 Å². The monoisotopic (exact) mass is 403 g/mol. The lowest BCUT2D eigenvalue weighted by Gasteiger charge is -2.11. The smallest absolute Gasteiger partial charge is 0.262 e. The zero-order valence-corrected chi connectivity index (χ0v) is 16.2. The van der Waals surface area contributed by atoms with Crippen LogP contribution in [0.4, 0.5) is 5.69 Å². The summed E-state index contributed by atoms with van der Waals surface area (Å²) in [5.74, 6) is 1.27. The first-order valence-electron chi connectivity index (χ1n) is 8.69. The molecule has 0 bridgehead atoms. The van der Waals surface area contributed by atoms with Gasteiger partial charge in [-0.1, -0.05) is 6.07 Å². The van der Waals surface area contributed by atoms with E-state index in [9.17, 15) is 13.2 Å². The van der Waals surface area contributed by atoms with E-state index < -0.39 is 15.9 Å². The summed E-state index contributed by atoms with van der Waals surface area (Å²) in [4.78, 5) is 16.3. The van der Waals surface area contributed by atoms with Crippen LogP contribution >= 0.6 is 0 Å². The van der Waals surface area contributed by atoms with Crippen molar-refractivity contribution in [2.75, 3.05) is 25.6 Å². The minimum Gasteiger partial charge on any atom is -0.497 e. The van der Waals surface area contributed by atoms with Gasteiger partial charge in [-0.2, -0.15) is 0 Å². The fourth-order valence-electron chi connectivity index (χ4n) is 2.60. The molecule has 9 heteroatoms. The fraction of sp³-hybridized carbons (Fsp3) is 0.263. The molecule has 1 heterocycles. The molecule has 148 valence electrons. The van der Waals surface area contributed by atoms with Crippen molar-refractivity contribution in [1.82, 2.24) is 4.72 Å². The number of carbonyl (C=O) groups excluding carboxylic acids is 1. The summed E-state index contributed by atoms with van der Waals surface area (Å²) in [6.07, 6.45) is 1.44. The number of amides is 1. The molecule has 2 N–H and O–H groups in total. The van der Waals surface area contributed by atoms with E-state index in [0.29, 0.717) is 36.0 Å². The number of hydrogen-bond donors (Lipinski definition) is 2. The highest BCUT2D eigenvalue weighted by molar-refractivity contribution is 7.90. The van der Waals surface area contributed by atoms with Gasteiger partial charge in [-0.25, -0.2) is 8.42 Å². The van der Waals surface area contributed by atoms with Gasteiger partial charge in [0.25, 0.3) is 15.9 Å². The van der Waals surface area contributed by atoms with E-state index in [1.54, 1.807) is 43.5 Å². The molecule has 0 aromatic heterocycles. The maximum Gasteiger partial charge on any atom is 0.262 e. The number of hydrogen-bond acceptors (Lipinski definition) is 6. The van der Waals surface area contributed by atoms with Crippen LogP contribution in [0.2, 0.25) is 0 Å². The Bertz CT molecular complexity index is 971. The number of benzene rings is 2. The summed E-state index contributed by atoms with van der Waals surface area (Å²) in [6.45, 7) is 0.417. The number of aliphatic imine (C=N–C) groups is 1.